The van der Waals surface area contributed by atoms with Crippen molar-refractivity contribution in [3.63, 3.8) is 0 Å². The summed E-state index contributed by atoms with van der Waals surface area (Å²) in [7, 11) is 0. The lowest BCUT2D eigenvalue weighted by atomic mass is 9.33. The molecule has 89 heavy (non-hydrogen) atoms. The third-order valence-electron chi connectivity index (χ3n) is 23.3. The second-order valence-corrected chi connectivity index (χ2v) is 28.8. The number of carbonyl (C=O) groups excluding carboxylic acids is 2. The van der Waals surface area contributed by atoms with E-state index >= 15 is 4.79 Å². The summed E-state index contributed by atoms with van der Waals surface area (Å²) in [6.45, 7) is 11.2. The lowest BCUT2D eigenvalue weighted by Crippen LogP contribution is -2.69. The van der Waals surface area contributed by atoms with Gasteiger partial charge >= 0.3 is 5.97 Å². The van der Waals surface area contributed by atoms with Gasteiger partial charge in [0.05, 0.1) is 49.7 Å². The first kappa shape index (κ1) is 69.7. The van der Waals surface area contributed by atoms with Gasteiger partial charge in [-0.05, 0) is 111 Å². The number of ether oxygens (including phenoxy) is 11. The van der Waals surface area contributed by atoms with Gasteiger partial charge in [-0.3, -0.25) is 14.3 Å². The minimum absolute atomic E-state index is 0.0958. The molecule has 16 N–H and O–H groups in total. The standard InChI is InChI=1S/C60H96O29/c1-23-34(66)41(73)46(85-49-44(76)39(71)37(69)28(19-61)82-49)51(80-23)86-47-42(74)35(67)24(2)81-52(47)87-53(78)60-16-15-55(3,4)17-26(60)25-9-10-31-56(5)13-12-33(57(6,22-63)30(56)11-14-58(31,7)59(25,8)18-32(60)65)84-54(88-48-43(75)36(68)27(64)21-79-48)89-50-45(77)40(72)38(70)29(20-62)83-50/h9,22-24,26-52,54,61-62,64-77H,10-21H2,1-8H3/t23?,24?,26?,27?,28?,29?,30?,31?,32-,33+,34?,35?,36?,37?,38?,39?,40?,41?,42?,43?,44?,45?,46?,47?,48?,49?,50?,51?,52?,54?,56+,57+,58-,59-,60-/m1/s1. The molecule has 0 aromatic rings. The van der Waals surface area contributed by atoms with E-state index in [1.54, 1.807) is 6.92 Å². The summed E-state index contributed by atoms with van der Waals surface area (Å²) < 4.78 is 65.8. The van der Waals surface area contributed by atoms with Gasteiger partial charge in [0.2, 0.25) is 6.29 Å². The predicted molar refractivity (Wildman–Crippen MR) is 295 cm³/mol. The highest BCUT2D eigenvalue weighted by molar-refractivity contribution is 5.80. The van der Waals surface area contributed by atoms with Gasteiger partial charge in [0.15, 0.2) is 31.3 Å². The summed E-state index contributed by atoms with van der Waals surface area (Å²) in [5, 5.41) is 174. The highest BCUT2D eigenvalue weighted by Gasteiger charge is 2.73. The molecule has 5 aliphatic carbocycles. The maximum atomic E-state index is 15.7. The van der Waals surface area contributed by atoms with E-state index in [4.69, 9.17) is 52.1 Å². The molecule has 10 rings (SSSR count). The van der Waals surface area contributed by atoms with E-state index in [2.05, 4.69) is 40.7 Å². The average molecular weight is 1280 g/mol. The first-order valence-corrected chi connectivity index (χ1v) is 31.3. The summed E-state index contributed by atoms with van der Waals surface area (Å²) in [6.07, 6.45) is -37.0. The average Bonchev–Trinajstić information content (AvgIpc) is 0.683. The van der Waals surface area contributed by atoms with Crippen LogP contribution in [0.3, 0.4) is 0 Å². The molecule has 4 saturated carbocycles. The van der Waals surface area contributed by atoms with Gasteiger partial charge < -0.3 is 129 Å². The third kappa shape index (κ3) is 11.7. The van der Waals surface area contributed by atoms with Crippen LogP contribution in [0.5, 0.6) is 0 Å². The fraction of sp³-hybridized carbons (Fsp3) is 0.933. The number of aldehydes is 1. The van der Waals surface area contributed by atoms with Gasteiger partial charge in [0, 0.05) is 0 Å². The molecule has 510 valence electrons. The Labute approximate surface area is 515 Å². The molecular formula is C60H96O29. The van der Waals surface area contributed by atoms with Crippen molar-refractivity contribution in [3.8, 4) is 0 Å². The fourth-order valence-corrected chi connectivity index (χ4v) is 17.5. The zero-order valence-corrected chi connectivity index (χ0v) is 51.4. The van der Waals surface area contributed by atoms with Gasteiger partial charge in [-0.2, -0.15) is 0 Å². The topological polar surface area (TPSA) is 459 Å². The molecule has 0 spiro atoms. The van der Waals surface area contributed by atoms with E-state index in [0.29, 0.717) is 38.5 Å². The first-order chi connectivity index (χ1) is 41.7. The Morgan fingerprint density at radius 2 is 1.13 bits per heavy atom. The Morgan fingerprint density at radius 3 is 1.74 bits per heavy atom. The summed E-state index contributed by atoms with van der Waals surface area (Å²) in [5.74, 6) is -2.01. The molecule has 0 bridgehead atoms. The van der Waals surface area contributed by atoms with E-state index in [1.165, 1.54) is 13.8 Å². The van der Waals surface area contributed by atoms with Crippen molar-refractivity contribution in [3.05, 3.63) is 11.6 Å². The highest BCUT2D eigenvalue weighted by Crippen LogP contribution is 2.76. The SMILES string of the molecule is CC1OC(OC2C(OC(=O)[C@]34CCC(C)(C)CC3C3=CCC5[C@@]6(C)CC[C@H](OC(OC7OCC(O)C(O)C7O)OC7OC(CO)C(O)C(O)C7O)[C@@](C)(C=O)C6CC[C@@]5(C)[C@]3(C)C[C@H]4O)OC(C)C(O)C2O)C(OC2OC(CO)C(O)C(O)C2O)C(O)C1O. The number of allylic oxidation sites excluding steroid dienone is 2. The summed E-state index contributed by atoms with van der Waals surface area (Å²) in [5.41, 5.74) is -4.25. The van der Waals surface area contributed by atoms with Crippen LogP contribution in [0.1, 0.15) is 113 Å². The minimum atomic E-state index is -1.96. The monoisotopic (exact) mass is 1280 g/mol. The lowest BCUT2D eigenvalue weighted by molar-refractivity contribution is -0.433. The van der Waals surface area contributed by atoms with Gasteiger partial charge in [0.1, 0.15) is 109 Å². The molecule has 0 aromatic carbocycles. The number of esters is 1. The first-order valence-electron chi connectivity index (χ1n) is 31.3. The van der Waals surface area contributed by atoms with Crippen molar-refractivity contribution in [2.24, 2.45) is 50.2 Å². The zero-order chi connectivity index (χ0) is 65.2. The maximum absolute atomic E-state index is 15.7. The number of rotatable bonds is 15. The van der Waals surface area contributed by atoms with E-state index in [-0.39, 0.29) is 36.5 Å². The molecule has 5 heterocycles. The largest absolute Gasteiger partial charge is 0.432 e. The number of carbonyl (C=O) groups is 2. The van der Waals surface area contributed by atoms with E-state index in [0.717, 1.165) is 11.9 Å². The number of aliphatic hydroxyl groups is 16. The van der Waals surface area contributed by atoms with Crippen LogP contribution in [0.4, 0.5) is 0 Å². The molecule has 28 unspecified atom stereocenters. The molecule has 0 radical (unpaired) electrons. The number of hydrogen-bond donors (Lipinski definition) is 16. The number of aliphatic hydroxyl groups excluding tert-OH is 16. The molecule has 35 atom stereocenters. The molecule has 9 fully saturated rings. The zero-order valence-electron chi connectivity index (χ0n) is 51.4. The molecule has 29 nitrogen and oxygen atoms in total. The number of fused-ring (bicyclic) bond motifs is 7. The minimum Gasteiger partial charge on any atom is -0.432 e. The Kier molecular flexibility index (Phi) is 20.2. The Balaban J connectivity index is 0.918. The molecule has 5 saturated heterocycles. The Hall–Kier alpha value is -2.16. The molecule has 5 aliphatic heterocycles. The predicted octanol–water partition coefficient (Wildman–Crippen LogP) is -4.07. The van der Waals surface area contributed by atoms with Gasteiger partial charge in [-0.25, -0.2) is 0 Å². The highest BCUT2D eigenvalue weighted by atomic mass is 16.9. The van der Waals surface area contributed by atoms with Crippen molar-refractivity contribution in [1.29, 1.82) is 0 Å². The van der Waals surface area contributed by atoms with Crippen LogP contribution < -0.4 is 0 Å². The second-order valence-electron chi connectivity index (χ2n) is 28.8. The van der Waals surface area contributed by atoms with Crippen molar-refractivity contribution in [2.75, 3.05) is 19.8 Å². The van der Waals surface area contributed by atoms with Crippen molar-refractivity contribution < 1.29 is 143 Å². The van der Waals surface area contributed by atoms with Crippen LogP contribution >= 0.6 is 0 Å². The van der Waals surface area contributed by atoms with Crippen LogP contribution in [-0.4, -0.2) is 280 Å². The molecule has 10 aliphatic rings. The van der Waals surface area contributed by atoms with Crippen LogP contribution in [0, 0.1) is 50.2 Å². The summed E-state index contributed by atoms with van der Waals surface area (Å²) in [4.78, 5) is 29.6. The quantitative estimate of drug-likeness (QED) is 0.0321. The molecule has 29 heteroatoms. The van der Waals surface area contributed by atoms with Gasteiger partial charge in [-0.1, -0.05) is 53.2 Å². The van der Waals surface area contributed by atoms with Crippen LogP contribution in [0.2, 0.25) is 0 Å². The van der Waals surface area contributed by atoms with Crippen molar-refractivity contribution in [2.45, 2.75) is 279 Å². The summed E-state index contributed by atoms with van der Waals surface area (Å²) >= 11 is 0. The summed E-state index contributed by atoms with van der Waals surface area (Å²) in [6, 6.07) is 0. The Bertz CT molecular complexity index is 2510. The number of hydrogen-bond acceptors (Lipinski definition) is 29. The molecule has 0 aromatic heterocycles. The van der Waals surface area contributed by atoms with Crippen LogP contribution in [0.15, 0.2) is 11.6 Å². The van der Waals surface area contributed by atoms with Crippen molar-refractivity contribution >= 4 is 12.3 Å². The second kappa shape index (κ2) is 25.8. The maximum Gasteiger partial charge on any atom is 0.317 e. The third-order valence-corrected chi connectivity index (χ3v) is 23.3. The fourth-order valence-electron chi connectivity index (χ4n) is 17.5. The smallest absolute Gasteiger partial charge is 0.317 e. The lowest BCUT2D eigenvalue weighted by Gasteiger charge is -2.71. The van der Waals surface area contributed by atoms with E-state index < -0.39 is 225 Å². The van der Waals surface area contributed by atoms with Crippen LogP contribution in [0.25, 0.3) is 0 Å². The van der Waals surface area contributed by atoms with Crippen LogP contribution in [-0.2, 0) is 61.7 Å². The Morgan fingerprint density at radius 1 is 0.584 bits per heavy atom. The van der Waals surface area contributed by atoms with E-state index in [9.17, 15) is 86.5 Å². The normalized spacial score (nSPS) is 54.5. The van der Waals surface area contributed by atoms with E-state index in [1.807, 2.05) is 0 Å². The van der Waals surface area contributed by atoms with Crippen molar-refractivity contribution in [1.82, 2.24) is 0 Å². The van der Waals surface area contributed by atoms with Gasteiger partial charge in [-0.15, -0.1) is 0 Å². The van der Waals surface area contributed by atoms with Gasteiger partial charge in [0.25, 0.3) is 6.48 Å². The molecular weight excluding hydrogens is 1180 g/mol. The molecule has 0 amide bonds.